The maximum Gasteiger partial charge on any atom is 0.410 e. The number of carbonyl (C=O) groups excluding carboxylic acids is 2. The number of ether oxygens (including phenoxy) is 1. The second-order valence-corrected chi connectivity index (χ2v) is 8.23. The number of amides is 2. The zero-order valence-electron chi connectivity index (χ0n) is 17.2. The lowest BCUT2D eigenvalue weighted by molar-refractivity contribution is -0.135. The van der Waals surface area contributed by atoms with E-state index in [2.05, 4.69) is 11.8 Å². The third-order valence-electron chi connectivity index (χ3n) is 4.70. The smallest absolute Gasteiger partial charge is 0.410 e. The van der Waals surface area contributed by atoms with Gasteiger partial charge in [0.05, 0.1) is 5.92 Å². The Morgan fingerprint density at radius 1 is 1.12 bits per heavy atom. The van der Waals surface area contributed by atoms with Gasteiger partial charge in [-0.05, 0) is 27.2 Å². The lowest BCUT2D eigenvalue weighted by Gasteiger charge is -2.41. The molecule has 0 bridgehead atoms. The van der Waals surface area contributed by atoms with Crippen LogP contribution in [0.1, 0.15) is 53.9 Å². The molecule has 2 atom stereocenters. The highest BCUT2D eigenvalue weighted by Gasteiger charge is 2.33. The first-order valence-electron chi connectivity index (χ1n) is 9.50. The van der Waals surface area contributed by atoms with E-state index in [0.29, 0.717) is 13.1 Å². The molecule has 0 N–H and O–H groups in total. The van der Waals surface area contributed by atoms with Gasteiger partial charge in [-0.1, -0.05) is 26.7 Å². The van der Waals surface area contributed by atoms with Crippen molar-refractivity contribution < 1.29 is 14.3 Å². The fourth-order valence-corrected chi connectivity index (χ4v) is 3.30. The van der Waals surface area contributed by atoms with Gasteiger partial charge in [0.25, 0.3) is 0 Å². The fourth-order valence-electron chi connectivity index (χ4n) is 3.30. The number of unbranched alkanes of at least 4 members (excludes halogenated alkanes) is 1. The van der Waals surface area contributed by atoms with Crippen LogP contribution in [-0.4, -0.2) is 78.6 Å². The molecule has 2 amide bonds. The third-order valence-corrected chi connectivity index (χ3v) is 4.70. The van der Waals surface area contributed by atoms with Gasteiger partial charge in [0.2, 0.25) is 5.91 Å². The molecular formula is C19H37N3O3. The van der Waals surface area contributed by atoms with Crippen molar-refractivity contribution in [2.75, 3.05) is 40.3 Å². The van der Waals surface area contributed by atoms with Crippen molar-refractivity contribution in [2.24, 2.45) is 5.92 Å². The van der Waals surface area contributed by atoms with Gasteiger partial charge >= 0.3 is 6.09 Å². The first-order valence-corrected chi connectivity index (χ1v) is 9.50. The van der Waals surface area contributed by atoms with E-state index in [1.165, 1.54) is 0 Å². The van der Waals surface area contributed by atoms with Gasteiger partial charge < -0.3 is 14.5 Å². The molecule has 1 rings (SSSR count). The standard InChI is InChI=1S/C19H37N3O3/c1-8-9-10-16(15(2)17(23)20(6)7)21-11-13-22(14-12-21)18(24)25-19(3,4)5/h15-16H,8-14H2,1-7H3. The summed E-state index contributed by atoms with van der Waals surface area (Å²) in [5, 5.41) is 0. The van der Waals surface area contributed by atoms with Crippen molar-refractivity contribution >= 4 is 12.0 Å². The van der Waals surface area contributed by atoms with E-state index in [1.54, 1.807) is 9.80 Å². The Morgan fingerprint density at radius 2 is 1.68 bits per heavy atom. The van der Waals surface area contributed by atoms with Crippen LogP contribution < -0.4 is 0 Å². The molecule has 2 unspecified atom stereocenters. The van der Waals surface area contributed by atoms with Crippen LogP contribution in [0.5, 0.6) is 0 Å². The van der Waals surface area contributed by atoms with Crippen LogP contribution in [-0.2, 0) is 9.53 Å². The SMILES string of the molecule is CCCCC(C(C)C(=O)N(C)C)N1CCN(C(=O)OC(C)(C)C)CC1. The summed E-state index contributed by atoms with van der Waals surface area (Å²) in [5.74, 6) is 0.144. The molecule has 1 aliphatic heterocycles. The number of piperazine rings is 1. The number of nitrogens with zero attached hydrogens (tertiary/aromatic N) is 3. The summed E-state index contributed by atoms with van der Waals surface area (Å²) in [7, 11) is 3.63. The predicted octanol–water partition coefficient (Wildman–Crippen LogP) is 2.82. The minimum atomic E-state index is -0.468. The highest BCUT2D eigenvalue weighted by molar-refractivity contribution is 5.78. The second kappa shape index (κ2) is 9.41. The summed E-state index contributed by atoms with van der Waals surface area (Å²) >= 11 is 0. The van der Waals surface area contributed by atoms with E-state index in [0.717, 1.165) is 32.4 Å². The molecule has 0 spiro atoms. The van der Waals surface area contributed by atoms with Crippen LogP contribution in [0.25, 0.3) is 0 Å². The fraction of sp³-hybridized carbons (Fsp3) is 0.895. The van der Waals surface area contributed by atoms with Gasteiger partial charge in [0, 0.05) is 46.3 Å². The minimum Gasteiger partial charge on any atom is -0.444 e. The maximum absolute atomic E-state index is 12.4. The Morgan fingerprint density at radius 3 is 2.12 bits per heavy atom. The molecule has 0 aromatic heterocycles. The predicted molar refractivity (Wildman–Crippen MR) is 101 cm³/mol. The van der Waals surface area contributed by atoms with E-state index < -0.39 is 5.60 Å². The third kappa shape index (κ3) is 6.84. The Labute approximate surface area is 153 Å². The van der Waals surface area contributed by atoms with Crippen LogP contribution >= 0.6 is 0 Å². The Balaban J connectivity index is 2.68. The van der Waals surface area contributed by atoms with Crippen molar-refractivity contribution in [3.05, 3.63) is 0 Å². The number of hydrogen-bond acceptors (Lipinski definition) is 4. The van der Waals surface area contributed by atoms with Crippen LogP contribution in [0.2, 0.25) is 0 Å². The van der Waals surface area contributed by atoms with E-state index in [1.807, 2.05) is 41.8 Å². The van der Waals surface area contributed by atoms with E-state index >= 15 is 0 Å². The van der Waals surface area contributed by atoms with Crippen LogP contribution in [0, 0.1) is 5.92 Å². The highest BCUT2D eigenvalue weighted by Crippen LogP contribution is 2.22. The van der Waals surface area contributed by atoms with E-state index in [9.17, 15) is 9.59 Å². The van der Waals surface area contributed by atoms with Gasteiger partial charge in [-0.2, -0.15) is 0 Å². The summed E-state index contributed by atoms with van der Waals surface area (Å²) in [6.45, 7) is 12.8. The van der Waals surface area contributed by atoms with Crippen molar-refractivity contribution in [1.29, 1.82) is 0 Å². The van der Waals surface area contributed by atoms with Gasteiger partial charge in [0.1, 0.15) is 5.60 Å². The van der Waals surface area contributed by atoms with Gasteiger partial charge in [0.15, 0.2) is 0 Å². The Hall–Kier alpha value is -1.30. The van der Waals surface area contributed by atoms with Gasteiger partial charge in [-0.25, -0.2) is 4.79 Å². The first kappa shape index (κ1) is 21.7. The Kier molecular flexibility index (Phi) is 8.19. The summed E-state index contributed by atoms with van der Waals surface area (Å²) in [4.78, 5) is 30.5. The lowest BCUT2D eigenvalue weighted by atomic mass is 9.93. The Bertz CT molecular complexity index is 438. The van der Waals surface area contributed by atoms with E-state index in [4.69, 9.17) is 4.74 Å². The average Bonchev–Trinajstić information content (AvgIpc) is 2.53. The summed E-state index contributed by atoms with van der Waals surface area (Å²) in [6.07, 6.45) is 3.01. The molecule has 0 aliphatic carbocycles. The number of hydrogen-bond donors (Lipinski definition) is 0. The van der Waals surface area contributed by atoms with Crippen molar-refractivity contribution in [3.8, 4) is 0 Å². The van der Waals surface area contributed by atoms with E-state index in [-0.39, 0.29) is 24.0 Å². The molecule has 1 saturated heterocycles. The summed E-state index contributed by atoms with van der Waals surface area (Å²) < 4.78 is 5.46. The molecule has 0 aromatic rings. The largest absolute Gasteiger partial charge is 0.444 e. The monoisotopic (exact) mass is 355 g/mol. The molecule has 1 aliphatic rings. The second-order valence-electron chi connectivity index (χ2n) is 8.23. The molecule has 6 nitrogen and oxygen atoms in total. The van der Waals surface area contributed by atoms with Gasteiger partial charge in [-0.3, -0.25) is 9.69 Å². The lowest BCUT2D eigenvalue weighted by Crippen LogP contribution is -2.55. The average molecular weight is 356 g/mol. The molecule has 0 saturated carbocycles. The van der Waals surface area contributed by atoms with Crippen molar-refractivity contribution in [3.63, 3.8) is 0 Å². The van der Waals surface area contributed by atoms with Gasteiger partial charge in [-0.15, -0.1) is 0 Å². The van der Waals surface area contributed by atoms with Crippen LogP contribution in [0.15, 0.2) is 0 Å². The molecular weight excluding hydrogens is 318 g/mol. The zero-order valence-corrected chi connectivity index (χ0v) is 17.2. The molecule has 1 fully saturated rings. The van der Waals surface area contributed by atoms with Crippen LogP contribution in [0.3, 0.4) is 0 Å². The number of rotatable bonds is 6. The van der Waals surface area contributed by atoms with Crippen molar-refractivity contribution in [2.45, 2.75) is 65.5 Å². The normalized spacial score (nSPS) is 18.6. The maximum atomic E-state index is 12.4. The molecule has 146 valence electrons. The zero-order chi connectivity index (χ0) is 19.2. The molecule has 6 heteroatoms. The molecule has 0 radical (unpaired) electrons. The summed E-state index contributed by atoms with van der Waals surface area (Å²) in [5.41, 5.74) is -0.468. The highest BCUT2D eigenvalue weighted by atomic mass is 16.6. The minimum absolute atomic E-state index is 0.0328. The quantitative estimate of drug-likeness (QED) is 0.735. The molecule has 0 aromatic carbocycles. The first-order chi connectivity index (χ1) is 11.6. The van der Waals surface area contributed by atoms with Crippen molar-refractivity contribution in [1.82, 2.24) is 14.7 Å². The molecule has 25 heavy (non-hydrogen) atoms. The number of carbonyl (C=O) groups is 2. The molecule has 1 heterocycles. The topological polar surface area (TPSA) is 53.1 Å². The van der Waals surface area contributed by atoms with Crippen LogP contribution in [0.4, 0.5) is 4.79 Å². The summed E-state index contributed by atoms with van der Waals surface area (Å²) in [6, 6.07) is 0.232.